The van der Waals surface area contributed by atoms with Gasteiger partial charge in [0.05, 0.1) is 5.56 Å². The lowest BCUT2D eigenvalue weighted by molar-refractivity contribution is 0.112. The molecule has 0 fully saturated rings. The maximum absolute atomic E-state index is 10.9. The third-order valence-corrected chi connectivity index (χ3v) is 2.40. The highest BCUT2D eigenvalue weighted by Gasteiger charge is 2.12. The molecule has 0 aliphatic carbocycles. The maximum Gasteiger partial charge on any atom is 0.168 e. The number of phenols is 2. The van der Waals surface area contributed by atoms with Gasteiger partial charge in [-0.05, 0) is 23.3 Å². The monoisotopic (exact) mass is 214 g/mol. The molecular formula is C13H10O3. The van der Waals surface area contributed by atoms with E-state index in [0.717, 1.165) is 5.56 Å². The molecule has 0 aromatic heterocycles. The van der Waals surface area contributed by atoms with Crippen LogP contribution in [0.3, 0.4) is 0 Å². The Balaban J connectivity index is 2.67. The molecule has 0 bridgehead atoms. The minimum atomic E-state index is -0.378. The molecule has 80 valence electrons. The fourth-order valence-corrected chi connectivity index (χ4v) is 1.59. The first kappa shape index (κ1) is 10.2. The second-order valence-corrected chi connectivity index (χ2v) is 3.38. The molecule has 0 amide bonds. The van der Waals surface area contributed by atoms with Gasteiger partial charge in [0.2, 0.25) is 0 Å². The molecule has 0 saturated heterocycles. The lowest BCUT2D eigenvalue weighted by Crippen LogP contribution is -1.88. The molecule has 0 heterocycles. The lowest BCUT2D eigenvalue weighted by atomic mass is 9.99. The predicted octanol–water partition coefficient (Wildman–Crippen LogP) is 2.58. The summed E-state index contributed by atoms with van der Waals surface area (Å²) in [7, 11) is 0. The summed E-state index contributed by atoms with van der Waals surface area (Å²) in [6, 6.07) is 12.2. The zero-order valence-electron chi connectivity index (χ0n) is 8.42. The van der Waals surface area contributed by atoms with Gasteiger partial charge in [0.15, 0.2) is 17.8 Å². The molecule has 2 aromatic carbocycles. The largest absolute Gasteiger partial charge is 0.504 e. The Morgan fingerprint density at radius 3 is 2.25 bits per heavy atom. The van der Waals surface area contributed by atoms with Crippen LogP contribution < -0.4 is 0 Å². The number of aromatic hydroxyl groups is 2. The molecule has 2 rings (SSSR count). The molecule has 3 nitrogen and oxygen atoms in total. The molecule has 3 heteroatoms. The van der Waals surface area contributed by atoms with Crippen molar-refractivity contribution in [3.63, 3.8) is 0 Å². The van der Waals surface area contributed by atoms with Crippen LogP contribution in [0.2, 0.25) is 0 Å². The Kier molecular flexibility index (Phi) is 2.60. The lowest BCUT2D eigenvalue weighted by Gasteiger charge is -2.07. The van der Waals surface area contributed by atoms with Crippen molar-refractivity contribution < 1.29 is 15.0 Å². The van der Waals surface area contributed by atoms with Crippen molar-refractivity contribution in [1.82, 2.24) is 0 Å². The van der Waals surface area contributed by atoms with Crippen molar-refractivity contribution in [2.75, 3.05) is 0 Å². The van der Waals surface area contributed by atoms with E-state index in [4.69, 9.17) is 0 Å². The summed E-state index contributed by atoms with van der Waals surface area (Å²) in [4.78, 5) is 10.9. The number of phenolic OH excluding ortho intramolecular Hbond substituents is 2. The highest BCUT2D eigenvalue weighted by molar-refractivity contribution is 5.92. The Bertz CT molecular complexity index is 518. The number of carbonyl (C=O) groups excluding carboxylic acids is 1. The van der Waals surface area contributed by atoms with Crippen molar-refractivity contribution in [3.8, 4) is 22.6 Å². The van der Waals surface area contributed by atoms with E-state index in [-0.39, 0.29) is 17.1 Å². The summed E-state index contributed by atoms with van der Waals surface area (Å²) in [5.74, 6) is -0.668. The average Bonchev–Trinajstić information content (AvgIpc) is 2.33. The van der Waals surface area contributed by atoms with Gasteiger partial charge in [-0.25, -0.2) is 0 Å². The van der Waals surface area contributed by atoms with Gasteiger partial charge in [0, 0.05) is 0 Å². The Morgan fingerprint density at radius 1 is 0.938 bits per heavy atom. The van der Waals surface area contributed by atoms with Crippen LogP contribution in [0.25, 0.3) is 11.1 Å². The Labute approximate surface area is 92.6 Å². The second kappa shape index (κ2) is 4.06. The fourth-order valence-electron chi connectivity index (χ4n) is 1.59. The van der Waals surface area contributed by atoms with Gasteiger partial charge in [-0.15, -0.1) is 0 Å². The molecule has 0 radical (unpaired) electrons. The first-order valence-electron chi connectivity index (χ1n) is 4.79. The third kappa shape index (κ3) is 1.63. The third-order valence-electron chi connectivity index (χ3n) is 2.40. The van der Waals surface area contributed by atoms with Gasteiger partial charge in [0.1, 0.15) is 0 Å². The minimum Gasteiger partial charge on any atom is -0.504 e. The molecule has 0 spiro atoms. The van der Waals surface area contributed by atoms with Crippen LogP contribution in [0.4, 0.5) is 0 Å². The molecule has 0 aliphatic rings. The van der Waals surface area contributed by atoms with Crippen molar-refractivity contribution in [2.24, 2.45) is 0 Å². The number of carbonyl (C=O) groups is 1. The number of benzene rings is 2. The number of hydrogen-bond acceptors (Lipinski definition) is 3. The zero-order chi connectivity index (χ0) is 11.5. The van der Waals surface area contributed by atoms with Crippen LogP contribution in [-0.4, -0.2) is 16.5 Å². The van der Waals surface area contributed by atoms with E-state index in [1.165, 1.54) is 6.07 Å². The average molecular weight is 214 g/mol. The molecule has 0 unspecified atom stereocenters. The topological polar surface area (TPSA) is 57.5 Å². The van der Waals surface area contributed by atoms with Gasteiger partial charge in [0.25, 0.3) is 0 Å². The number of rotatable bonds is 2. The van der Waals surface area contributed by atoms with Gasteiger partial charge < -0.3 is 10.2 Å². The smallest absolute Gasteiger partial charge is 0.168 e. The molecule has 0 atom stereocenters. The van der Waals surface area contributed by atoms with Gasteiger partial charge in [-0.2, -0.15) is 0 Å². The van der Waals surface area contributed by atoms with Crippen LogP contribution in [-0.2, 0) is 0 Å². The summed E-state index contributed by atoms with van der Waals surface area (Å²) in [5, 5.41) is 18.9. The van der Waals surface area contributed by atoms with E-state index in [1.54, 1.807) is 6.07 Å². The van der Waals surface area contributed by atoms with Crippen molar-refractivity contribution in [3.05, 3.63) is 48.0 Å². The minimum absolute atomic E-state index is 0.103. The van der Waals surface area contributed by atoms with E-state index in [1.807, 2.05) is 30.3 Å². The highest BCUT2D eigenvalue weighted by Crippen LogP contribution is 2.35. The SMILES string of the molecule is O=Cc1c(-c2ccccc2)ccc(O)c1O. The zero-order valence-corrected chi connectivity index (χ0v) is 8.42. The normalized spacial score (nSPS) is 10.0. The molecule has 2 aromatic rings. The standard InChI is InChI=1S/C13H10O3/c14-8-11-10(6-7-12(15)13(11)16)9-4-2-1-3-5-9/h1-8,15-16H. The van der Waals surface area contributed by atoms with Gasteiger partial charge in [-0.1, -0.05) is 30.3 Å². The number of aldehydes is 1. The van der Waals surface area contributed by atoms with Crippen LogP contribution >= 0.6 is 0 Å². The van der Waals surface area contributed by atoms with E-state index < -0.39 is 0 Å². The second-order valence-electron chi connectivity index (χ2n) is 3.38. The van der Waals surface area contributed by atoms with E-state index >= 15 is 0 Å². The quantitative estimate of drug-likeness (QED) is 0.596. The first-order valence-corrected chi connectivity index (χ1v) is 4.79. The van der Waals surface area contributed by atoms with Crippen LogP contribution in [0, 0.1) is 0 Å². The van der Waals surface area contributed by atoms with E-state index in [0.29, 0.717) is 11.8 Å². The van der Waals surface area contributed by atoms with Crippen LogP contribution in [0.5, 0.6) is 11.5 Å². The molecule has 2 N–H and O–H groups in total. The maximum atomic E-state index is 10.9. The molecule has 0 saturated carbocycles. The van der Waals surface area contributed by atoms with Crippen LogP contribution in [0.1, 0.15) is 10.4 Å². The summed E-state index contributed by atoms with van der Waals surface area (Å²) >= 11 is 0. The molecule has 16 heavy (non-hydrogen) atoms. The Morgan fingerprint density at radius 2 is 1.62 bits per heavy atom. The predicted molar refractivity (Wildman–Crippen MR) is 60.6 cm³/mol. The van der Waals surface area contributed by atoms with E-state index in [2.05, 4.69) is 0 Å². The summed E-state index contributed by atoms with van der Waals surface area (Å²) in [5.41, 5.74) is 1.53. The first-order chi connectivity index (χ1) is 7.74. The summed E-state index contributed by atoms with van der Waals surface area (Å²) in [6.07, 6.45) is 0.539. The van der Waals surface area contributed by atoms with Crippen molar-refractivity contribution >= 4 is 6.29 Å². The molecular weight excluding hydrogens is 204 g/mol. The summed E-state index contributed by atoms with van der Waals surface area (Å²) in [6.45, 7) is 0. The Hall–Kier alpha value is -2.29. The highest BCUT2D eigenvalue weighted by atomic mass is 16.3. The van der Waals surface area contributed by atoms with Crippen LogP contribution in [0.15, 0.2) is 42.5 Å². The fraction of sp³-hybridized carbons (Fsp3) is 0. The van der Waals surface area contributed by atoms with Gasteiger partial charge in [-0.3, -0.25) is 4.79 Å². The van der Waals surface area contributed by atoms with Crippen molar-refractivity contribution in [1.29, 1.82) is 0 Å². The summed E-state index contributed by atoms with van der Waals surface area (Å²) < 4.78 is 0. The van der Waals surface area contributed by atoms with E-state index in [9.17, 15) is 15.0 Å². The van der Waals surface area contributed by atoms with Gasteiger partial charge >= 0.3 is 0 Å². The molecule has 0 aliphatic heterocycles. The number of hydrogen-bond donors (Lipinski definition) is 2. The van der Waals surface area contributed by atoms with Crippen molar-refractivity contribution in [2.45, 2.75) is 0 Å².